The van der Waals surface area contributed by atoms with Crippen LogP contribution in [0.4, 0.5) is 5.82 Å². The lowest BCUT2D eigenvalue weighted by Gasteiger charge is -2.44. The first-order chi connectivity index (χ1) is 15.7. The molecule has 0 unspecified atom stereocenters. The molecule has 1 aromatic carbocycles. The molecule has 1 aliphatic rings. The molecule has 1 atom stereocenters. The van der Waals surface area contributed by atoms with Gasteiger partial charge in [-0.1, -0.05) is 23.2 Å². The monoisotopic (exact) mass is 483 g/mol. The van der Waals surface area contributed by atoms with Crippen LogP contribution in [0.5, 0.6) is 5.75 Å². The number of aromatic amines is 1. The van der Waals surface area contributed by atoms with Crippen LogP contribution in [0.3, 0.4) is 0 Å². The molecule has 1 aliphatic heterocycles. The predicted octanol–water partition coefficient (Wildman–Crippen LogP) is 5.35. The lowest BCUT2D eigenvalue weighted by molar-refractivity contribution is 0.0305. The van der Waals surface area contributed by atoms with Crippen molar-refractivity contribution in [2.24, 2.45) is 0 Å². The maximum absolute atomic E-state index is 9.96. The Kier molecular flexibility index (Phi) is 5.43. The lowest BCUT2D eigenvalue weighted by Crippen LogP contribution is -2.60. The van der Waals surface area contributed by atoms with Crippen LogP contribution in [-0.2, 0) is 0 Å². The minimum Gasteiger partial charge on any atom is -0.486 e. The largest absolute Gasteiger partial charge is 0.486 e. The number of hydrogen-bond donors (Lipinski definition) is 2. The summed E-state index contributed by atoms with van der Waals surface area (Å²) in [6.45, 7) is 6.72. The molecular weight excluding hydrogens is 461 g/mol. The molecule has 4 aromatic rings. The highest BCUT2D eigenvalue weighted by atomic mass is 35.5. The van der Waals surface area contributed by atoms with E-state index >= 15 is 0 Å². The molecule has 9 heteroatoms. The highest BCUT2D eigenvalue weighted by molar-refractivity contribution is 6.36. The average Bonchev–Trinajstić information content (AvgIpc) is 3.18. The Morgan fingerprint density at radius 2 is 1.94 bits per heavy atom. The number of β-amino-alcohol motifs (C(OH)–C–C–N with tert-alkyl or cyclic N) is 1. The van der Waals surface area contributed by atoms with Crippen molar-refractivity contribution in [3.05, 3.63) is 64.0 Å². The predicted molar refractivity (Wildman–Crippen MR) is 130 cm³/mol. The van der Waals surface area contributed by atoms with Crippen molar-refractivity contribution in [1.82, 2.24) is 20.2 Å². The topological polar surface area (TPSA) is 87.2 Å². The Morgan fingerprint density at radius 1 is 1.15 bits per heavy atom. The number of rotatable bonds is 5. The summed E-state index contributed by atoms with van der Waals surface area (Å²) in [5, 5.41) is 19.4. The van der Waals surface area contributed by atoms with E-state index in [1.165, 1.54) is 0 Å². The van der Waals surface area contributed by atoms with Crippen molar-refractivity contribution >= 4 is 39.9 Å². The van der Waals surface area contributed by atoms with E-state index in [2.05, 4.69) is 20.2 Å². The number of nitrogens with zero attached hydrogens (tertiary/aromatic N) is 4. The minimum atomic E-state index is -0.643. The lowest BCUT2D eigenvalue weighted by atomic mass is 9.97. The molecular formula is C24H23Cl2N5O2. The molecule has 0 saturated carbocycles. The van der Waals surface area contributed by atoms with Gasteiger partial charge in [-0.25, -0.2) is 4.98 Å². The number of pyridine rings is 2. The van der Waals surface area contributed by atoms with Crippen molar-refractivity contribution < 1.29 is 9.84 Å². The van der Waals surface area contributed by atoms with Gasteiger partial charge in [-0.2, -0.15) is 5.10 Å². The van der Waals surface area contributed by atoms with Crippen molar-refractivity contribution in [2.45, 2.75) is 32.5 Å². The molecule has 0 aliphatic carbocycles. The first kappa shape index (κ1) is 21.9. The zero-order chi connectivity index (χ0) is 23.3. The quantitative estimate of drug-likeness (QED) is 0.397. The fourth-order valence-corrected chi connectivity index (χ4v) is 4.80. The number of fused-ring (bicyclic) bond motifs is 1. The van der Waals surface area contributed by atoms with Gasteiger partial charge in [0.1, 0.15) is 23.4 Å². The number of aryl methyl sites for hydroxylation is 1. The number of H-pyrrole nitrogens is 1. The zero-order valence-electron chi connectivity index (χ0n) is 18.4. The number of nitrogens with one attached hydrogen (secondary N) is 1. The third-order valence-corrected chi connectivity index (χ3v) is 6.62. The summed E-state index contributed by atoms with van der Waals surface area (Å²) in [7, 11) is 0. The third kappa shape index (κ3) is 4.12. The van der Waals surface area contributed by atoms with Gasteiger partial charge in [0.25, 0.3) is 0 Å². The number of aromatic nitrogens is 4. The van der Waals surface area contributed by atoms with Gasteiger partial charge in [-0.15, -0.1) is 0 Å². The second-order valence-electron chi connectivity index (χ2n) is 8.72. The van der Waals surface area contributed by atoms with E-state index in [4.69, 9.17) is 27.9 Å². The maximum Gasteiger partial charge on any atom is 0.128 e. The molecule has 1 saturated heterocycles. The van der Waals surface area contributed by atoms with Crippen LogP contribution >= 0.6 is 23.2 Å². The third-order valence-electron chi connectivity index (χ3n) is 5.84. The number of hydrogen-bond acceptors (Lipinski definition) is 6. The fourth-order valence-electron chi connectivity index (χ4n) is 4.15. The summed E-state index contributed by atoms with van der Waals surface area (Å²) >= 11 is 12.8. The number of ether oxygens (including phenoxy) is 1. The summed E-state index contributed by atoms with van der Waals surface area (Å²) in [5.74, 6) is 1.51. The summed E-state index contributed by atoms with van der Waals surface area (Å²) in [5.41, 5.74) is 3.34. The molecule has 33 heavy (non-hydrogen) atoms. The molecule has 0 amide bonds. The van der Waals surface area contributed by atoms with Crippen LogP contribution in [0.25, 0.3) is 22.2 Å². The zero-order valence-corrected chi connectivity index (χ0v) is 19.9. The molecule has 0 radical (unpaired) electrons. The van der Waals surface area contributed by atoms with Gasteiger partial charge in [0, 0.05) is 42.0 Å². The van der Waals surface area contributed by atoms with E-state index in [9.17, 15) is 5.11 Å². The van der Waals surface area contributed by atoms with Gasteiger partial charge >= 0.3 is 0 Å². The standard InChI is InChI=1S/C24H23Cl2N5O2/c1-13-22(26)21(18(25)10-27-13)14(2)33-16-5-6-19-17(8-16)23(30-29-19)15-4-7-20(28-9-15)31-11-24(3,32)12-31/h4-10,14,32H,11-12H2,1-3H3,(H,29,30)/t14-/m1/s1. The van der Waals surface area contributed by atoms with E-state index in [1.54, 1.807) is 12.4 Å². The second kappa shape index (κ2) is 8.17. The van der Waals surface area contributed by atoms with Crippen LogP contribution in [0.15, 0.2) is 42.7 Å². The van der Waals surface area contributed by atoms with E-state index < -0.39 is 5.60 Å². The molecule has 1 fully saturated rings. The van der Waals surface area contributed by atoms with Crippen LogP contribution < -0.4 is 9.64 Å². The van der Waals surface area contributed by atoms with Crippen molar-refractivity contribution in [2.75, 3.05) is 18.0 Å². The number of anilines is 1. The second-order valence-corrected chi connectivity index (χ2v) is 9.50. The summed E-state index contributed by atoms with van der Waals surface area (Å²) in [6, 6.07) is 9.69. The van der Waals surface area contributed by atoms with Crippen LogP contribution in [-0.4, -0.2) is 44.0 Å². The van der Waals surface area contributed by atoms with Crippen molar-refractivity contribution in [3.8, 4) is 17.0 Å². The van der Waals surface area contributed by atoms with Crippen LogP contribution in [0, 0.1) is 6.92 Å². The van der Waals surface area contributed by atoms with Crippen LogP contribution in [0.2, 0.25) is 10.0 Å². The Balaban J connectivity index is 1.41. The Hall–Kier alpha value is -2.87. The SMILES string of the molecule is Cc1ncc(Cl)c([C@@H](C)Oc2ccc3[nH]nc(-c4ccc(N5CC(C)(O)C5)nc4)c3c2)c1Cl. The Morgan fingerprint density at radius 3 is 2.64 bits per heavy atom. The van der Waals surface area contributed by atoms with Gasteiger partial charge in [-0.05, 0) is 51.1 Å². The highest BCUT2D eigenvalue weighted by Gasteiger charge is 2.37. The highest BCUT2D eigenvalue weighted by Crippen LogP contribution is 2.36. The van der Waals surface area contributed by atoms with Crippen LogP contribution in [0.1, 0.15) is 31.2 Å². The molecule has 3 aromatic heterocycles. The summed E-state index contributed by atoms with van der Waals surface area (Å²) in [4.78, 5) is 10.8. The number of halogens is 2. The van der Waals surface area contributed by atoms with Gasteiger partial charge in [0.15, 0.2) is 0 Å². The normalized spacial score (nSPS) is 16.0. The Bertz CT molecular complexity index is 1330. The van der Waals surface area contributed by atoms with Gasteiger partial charge in [-0.3, -0.25) is 10.1 Å². The number of aliphatic hydroxyl groups is 1. The van der Waals surface area contributed by atoms with E-state index in [0.29, 0.717) is 40.1 Å². The summed E-state index contributed by atoms with van der Waals surface area (Å²) < 4.78 is 6.19. The van der Waals surface area contributed by atoms with Crippen molar-refractivity contribution in [3.63, 3.8) is 0 Å². The molecule has 170 valence electrons. The summed E-state index contributed by atoms with van der Waals surface area (Å²) in [6.07, 6.45) is 3.02. The average molecular weight is 484 g/mol. The molecule has 0 spiro atoms. The fraction of sp³-hybridized carbons (Fsp3) is 0.292. The number of benzene rings is 1. The molecule has 0 bridgehead atoms. The molecule has 7 nitrogen and oxygen atoms in total. The minimum absolute atomic E-state index is 0.366. The first-order valence-electron chi connectivity index (χ1n) is 10.6. The maximum atomic E-state index is 9.96. The smallest absolute Gasteiger partial charge is 0.128 e. The molecule has 2 N–H and O–H groups in total. The van der Waals surface area contributed by atoms with E-state index in [-0.39, 0.29) is 6.10 Å². The van der Waals surface area contributed by atoms with Gasteiger partial charge in [0.2, 0.25) is 0 Å². The van der Waals surface area contributed by atoms with E-state index in [0.717, 1.165) is 28.0 Å². The van der Waals surface area contributed by atoms with Gasteiger partial charge in [0.05, 0.1) is 26.9 Å². The van der Waals surface area contributed by atoms with E-state index in [1.807, 2.05) is 56.0 Å². The molecule has 4 heterocycles. The Labute approximate surface area is 201 Å². The van der Waals surface area contributed by atoms with Gasteiger partial charge < -0.3 is 14.7 Å². The van der Waals surface area contributed by atoms with Crippen molar-refractivity contribution in [1.29, 1.82) is 0 Å². The first-order valence-corrected chi connectivity index (χ1v) is 11.4. The molecule has 5 rings (SSSR count).